The standard InChI is InChI=1S/C28H34ClFN6O3/c1-27(2,3)39-26(38)34-14-10-28(4,11-15-34)25(37)32-21-17-31-36-13-9-23(33-24(21)36)35-12-5-6-22(35)19-16-18(30)7-8-20(19)29/h7-9,13,16-17,22H,5-6,10-12,14-15H2,1-4H3,(H,32,37). The summed E-state index contributed by atoms with van der Waals surface area (Å²) in [5.74, 6) is 0.244. The maximum absolute atomic E-state index is 14.0. The molecule has 2 fully saturated rings. The Morgan fingerprint density at radius 1 is 1.18 bits per heavy atom. The fourth-order valence-electron chi connectivity index (χ4n) is 5.25. The van der Waals surface area contributed by atoms with E-state index in [9.17, 15) is 14.0 Å². The molecule has 4 heterocycles. The van der Waals surface area contributed by atoms with Crippen LogP contribution < -0.4 is 10.2 Å². The van der Waals surface area contributed by atoms with Crippen LogP contribution in [-0.4, -0.2) is 56.7 Å². The number of hydrogen-bond donors (Lipinski definition) is 1. The van der Waals surface area contributed by atoms with Crippen LogP contribution in [0.2, 0.25) is 5.02 Å². The molecule has 9 nitrogen and oxygen atoms in total. The molecule has 1 N–H and O–H groups in total. The minimum absolute atomic E-state index is 0.0989. The second-order valence-electron chi connectivity index (χ2n) is 11.6. The Kier molecular flexibility index (Phi) is 7.17. The third kappa shape index (κ3) is 5.66. The van der Waals surface area contributed by atoms with Crippen LogP contribution >= 0.6 is 11.6 Å². The predicted octanol–water partition coefficient (Wildman–Crippen LogP) is 5.84. The van der Waals surface area contributed by atoms with Gasteiger partial charge in [0.05, 0.1) is 17.7 Å². The van der Waals surface area contributed by atoms with Crippen LogP contribution in [-0.2, 0) is 9.53 Å². The predicted molar refractivity (Wildman–Crippen MR) is 147 cm³/mol. The minimum Gasteiger partial charge on any atom is -0.444 e. The number of hydrogen-bond acceptors (Lipinski definition) is 6. The molecule has 1 aromatic carbocycles. The van der Waals surface area contributed by atoms with Crippen LogP contribution in [0.1, 0.15) is 65.0 Å². The number of aromatic nitrogens is 3. The van der Waals surface area contributed by atoms with E-state index in [1.807, 2.05) is 33.8 Å². The topological polar surface area (TPSA) is 92.1 Å². The first kappa shape index (κ1) is 27.2. The van der Waals surface area contributed by atoms with Crippen molar-refractivity contribution in [1.29, 1.82) is 0 Å². The molecule has 0 radical (unpaired) electrons. The molecule has 2 aromatic heterocycles. The summed E-state index contributed by atoms with van der Waals surface area (Å²) in [6.07, 6.45) is 5.82. The molecule has 5 rings (SSSR count). The van der Waals surface area contributed by atoms with E-state index in [2.05, 4.69) is 15.3 Å². The highest BCUT2D eigenvalue weighted by molar-refractivity contribution is 6.31. The van der Waals surface area contributed by atoms with E-state index >= 15 is 0 Å². The number of anilines is 2. The molecule has 0 spiro atoms. The maximum atomic E-state index is 14.0. The van der Waals surface area contributed by atoms with Gasteiger partial charge in [-0.25, -0.2) is 18.7 Å². The van der Waals surface area contributed by atoms with Crippen molar-refractivity contribution in [2.24, 2.45) is 5.41 Å². The van der Waals surface area contributed by atoms with E-state index < -0.39 is 11.0 Å². The van der Waals surface area contributed by atoms with Gasteiger partial charge in [0.1, 0.15) is 22.9 Å². The zero-order valence-corrected chi connectivity index (χ0v) is 23.5. The summed E-state index contributed by atoms with van der Waals surface area (Å²) in [6.45, 7) is 9.05. The number of carbonyl (C=O) groups excluding carboxylic acids is 2. The molecule has 1 unspecified atom stereocenters. The normalized spacial score (nSPS) is 19.4. The van der Waals surface area contributed by atoms with Gasteiger partial charge in [-0.1, -0.05) is 18.5 Å². The lowest BCUT2D eigenvalue weighted by molar-refractivity contribution is -0.127. The average Bonchev–Trinajstić information content (AvgIpc) is 3.52. The van der Waals surface area contributed by atoms with Gasteiger partial charge in [-0.2, -0.15) is 5.10 Å². The van der Waals surface area contributed by atoms with Crippen molar-refractivity contribution in [3.63, 3.8) is 0 Å². The van der Waals surface area contributed by atoms with Crippen LogP contribution in [0.4, 0.5) is 20.7 Å². The van der Waals surface area contributed by atoms with Crippen molar-refractivity contribution in [2.75, 3.05) is 29.9 Å². The first-order valence-corrected chi connectivity index (χ1v) is 13.7. The minimum atomic E-state index is -0.654. The van der Waals surface area contributed by atoms with Crippen molar-refractivity contribution < 1.29 is 18.7 Å². The van der Waals surface area contributed by atoms with Crippen LogP contribution in [0.3, 0.4) is 0 Å². The Labute approximate surface area is 232 Å². The van der Waals surface area contributed by atoms with Crippen molar-refractivity contribution in [3.05, 3.63) is 53.1 Å². The van der Waals surface area contributed by atoms with Gasteiger partial charge >= 0.3 is 6.09 Å². The number of likely N-dealkylation sites (tertiary alicyclic amines) is 1. The number of nitrogens with one attached hydrogen (secondary N) is 1. The van der Waals surface area contributed by atoms with Gasteiger partial charge < -0.3 is 19.9 Å². The van der Waals surface area contributed by atoms with E-state index in [-0.39, 0.29) is 23.9 Å². The molecule has 0 bridgehead atoms. The fourth-order valence-corrected chi connectivity index (χ4v) is 5.49. The number of benzene rings is 1. The van der Waals surface area contributed by atoms with Crippen LogP contribution in [0.15, 0.2) is 36.7 Å². The van der Waals surface area contributed by atoms with E-state index in [1.54, 1.807) is 27.9 Å². The highest BCUT2D eigenvalue weighted by Crippen LogP contribution is 2.39. The van der Waals surface area contributed by atoms with Gasteiger partial charge in [0, 0.05) is 30.9 Å². The van der Waals surface area contributed by atoms with E-state index in [1.165, 1.54) is 12.1 Å². The first-order valence-electron chi connectivity index (χ1n) is 13.3. The average molecular weight is 557 g/mol. The zero-order valence-electron chi connectivity index (χ0n) is 22.7. The summed E-state index contributed by atoms with van der Waals surface area (Å²) >= 11 is 6.43. The second-order valence-corrected chi connectivity index (χ2v) is 12.0. The van der Waals surface area contributed by atoms with Gasteiger partial charge in [0.15, 0.2) is 5.65 Å². The fraction of sp³-hybridized carbons (Fsp3) is 0.500. The number of carbonyl (C=O) groups is 2. The Morgan fingerprint density at radius 3 is 2.64 bits per heavy atom. The van der Waals surface area contributed by atoms with E-state index in [4.69, 9.17) is 21.3 Å². The zero-order chi connectivity index (χ0) is 27.9. The van der Waals surface area contributed by atoms with Crippen molar-refractivity contribution in [1.82, 2.24) is 19.5 Å². The largest absolute Gasteiger partial charge is 0.444 e. The lowest BCUT2D eigenvalue weighted by Crippen LogP contribution is -2.48. The second kappa shape index (κ2) is 10.3. The SMILES string of the molecule is CC(C)(C)OC(=O)N1CCC(C)(C(=O)Nc2cnn3ccc(N4CCCC4c4cc(F)ccc4Cl)nc23)CC1. The van der Waals surface area contributed by atoms with Crippen LogP contribution in [0.5, 0.6) is 0 Å². The Hall–Kier alpha value is -3.40. The summed E-state index contributed by atoms with van der Waals surface area (Å²) < 4.78 is 21.1. The lowest BCUT2D eigenvalue weighted by atomic mass is 9.79. The van der Waals surface area contributed by atoms with Gasteiger partial charge in [0.25, 0.3) is 0 Å². The first-order chi connectivity index (χ1) is 18.4. The van der Waals surface area contributed by atoms with E-state index in [0.717, 1.165) is 24.9 Å². The quantitative estimate of drug-likeness (QED) is 0.434. The Morgan fingerprint density at radius 2 is 1.92 bits per heavy atom. The number of halogens is 2. The highest BCUT2D eigenvalue weighted by Gasteiger charge is 2.39. The molecule has 2 aliphatic heterocycles. The smallest absolute Gasteiger partial charge is 0.410 e. The number of piperidine rings is 1. The van der Waals surface area contributed by atoms with Gasteiger partial charge in [-0.3, -0.25) is 4.79 Å². The molecular formula is C28H34ClFN6O3. The molecule has 3 aromatic rings. The van der Waals surface area contributed by atoms with E-state index in [0.29, 0.717) is 48.1 Å². The summed E-state index contributed by atoms with van der Waals surface area (Å²) in [7, 11) is 0. The Balaban J connectivity index is 1.31. The van der Waals surface area contributed by atoms with Crippen LogP contribution in [0, 0.1) is 11.2 Å². The summed E-state index contributed by atoms with van der Waals surface area (Å²) in [5.41, 5.74) is 0.550. The lowest BCUT2D eigenvalue weighted by Gasteiger charge is -2.38. The monoisotopic (exact) mass is 556 g/mol. The molecule has 0 aliphatic carbocycles. The van der Waals surface area contributed by atoms with Gasteiger partial charge in [-0.15, -0.1) is 0 Å². The molecule has 2 amide bonds. The number of nitrogens with zero attached hydrogens (tertiary/aromatic N) is 5. The molecule has 1 atom stereocenters. The number of rotatable bonds is 4. The molecular weight excluding hydrogens is 523 g/mol. The maximum Gasteiger partial charge on any atom is 0.410 e. The Bertz CT molecular complexity index is 1400. The summed E-state index contributed by atoms with van der Waals surface area (Å²) in [6, 6.07) is 6.20. The molecule has 0 saturated carbocycles. The van der Waals surface area contributed by atoms with Gasteiger partial charge in [-0.05, 0) is 76.3 Å². The van der Waals surface area contributed by atoms with Crippen molar-refractivity contribution in [3.8, 4) is 0 Å². The van der Waals surface area contributed by atoms with Crippen molar-refractivity contribution >= 4 is 40.8 Å². The molecule has 39 heavy (non-hydrogen) atoms. The third-order valence-electron chi connectivity index (χ3n) is 7.53. The van der Waals surface area contributed by atoms with Crippen LogP contribution in [0.25, 0.3) is 5.65 Å². The summed E-state index contributed by atoms with van der Waals surface area (Å²) in [4.78, 5) is 34.5. The molecule has 208 valence electrons. The number of amides is 2. The number of ether oxygens (including phenoxy) is 1. The van der Waals surface area contributed by atoms with Gasteiger partial charge in [0.2, 0.25) is 5.91 Å². The molecule has 11 heteroatoms. The summed E-state index contributed by atoms with van der Waals surface area (Å²) in [5, 5.41) is 7.91. The molecule has 2 aliphatic rings. The highest BCUT2D eigenvalue weighted by atomic mass is 35.5. The number of fused-ring (bicyclic) bond motifs is 1. The third-order valence-corrected chi connectivity index (χ3v) is 7.88. The molecule has 2 saturated heterocycles. The van der Waals surface area contributed by atoms with Crippen molar-refractivity contribution in [2.45, 2.75) is 65.0 Å².